The molecule has 150 valence electrons. The minimum Gasteiger partial charge on any atom is -0.493 e. The van der Waals surface area contributed by atoms with Crippen LogP contribution >= 0.6 is 24.0 Å². The number of thiocarbonyl (C=S) groups is 1. The number of rotatable bonds is 5. The molecule has 0 bridgehead atoms. The van der Waals surface area contributed by atoms with Crippen molar-refractivity contribution in [3.05, 3.63) is 28.7 Å². The van der Waals surface area contributed by atoms with Gasteiger partial charge < -0.3 is 14.4 Å². The van der Waals surface area contributed by atoms with Crippen LogP contribution in [-0.4, -0.2) is 59.8 Å². The number of carbonyl (C=O) groups excluding carboxylic acids is 2. The van der Waals surface area contributed by atoms with E-state index >= 15 is 0 Å². The molecule has 6 nitrogen and oxygen atoms in total. The largest absolute Gasteiger partial charge is 0.493 e. The third kappa shape index (κ3) is 4.67. The van der Waals surface area contributed by atoms with Crippen molar-refractivity contribution in [2.24, 2.45) is 0 Å². The van der Waals surface area contributed by atoms with E-state index in [-0.39, 0.29) is 18.4 Å². The van der Waals surface area contributed by atoms with Gasteiger partial charge in [-0.2, -0.15) is 0 Å². The Labute approximate surface area is 174 Å². The molecule has 2 heterocycles. The molecule has 3 rings (SSSR count). The Morgan fingerprint density at radius 3 is 2.46 bits per heavy atom. The summed E-state index contributed by atoms with van der Waals surface area (Å²) in [5, 5.41) is 0. The molecular weight excluding hydrogens is 396 g/mol. The van der Waals surface area contributed by atoms with E-state index in [1.807, 2.05) is 11.0 Å². The van der Waals surface area contributed by atoms with Gasteiger partial charge >= 0.3 is 0 Å². The van der Waals surface area contributed by atoms with Gasteiger partial charge in [-0.1, -0.05) is 42.9 Å². The predicted molar refractivity (Wildman–Crippen MR) is 114 cm³/mol. The molecule has 0 radical (unpaired) electrons. The minimum atomic E-state index is -0.229. The zero-order valence-electron chi connectivity index (χ0n) is 16.1. The summed E-state index contributed by atoms with van der Waals surface area (Å²) >= 11 is 6.58. The Kier molecular flexibility index (Phi) is 6.96. The Hall–Kier alpha value is -2.06. The summed E-state index contributed by atoms with van der Waals surface area (Å²) in [6, 6.07) is 5.43. The number of methoxy groups -OCH3 is 2. The van der Waals surface area contributed by atoms with Gasteiger partial charge in [0.05, 0.1) is 19.1 Å². The first-order chi connectivity index (χ1) is 13.5. The first-order valence-electron chi connectivity index (χ1n) is 9.28. The molecule has 0 saturated carbocycles. The van der Waals surface area contributed by atoms with Gasteiger partial charge in [-0.25, -0.2) is 0 Å². The van der Waals surface area contributed by atoms with Crippen molar-refractivity contribution >= 4 is 46.2 Å². The van der Waals surface area contributed by atoms with E-state index in [1.165, 1.54) is 16.7 Å². The lowest BCUT2D eigenvalue weighted by atomic mass is 10.2. The number of amides is 2. The third-order valence-corrected chi connectivity index (χ3v) is 6.21. The lowest BCUT2D eigenvalue weighted by Gasteiger charge is -2.23. The zero-order chi connectivity index (χ0) is 20.1. The smallest absolute Gasteiger partial charge is 0.266 e. The van der Waals surface area contributed by atoms with Crippen LogP contribution in [0.3, 0.4) is 0 Å². The van der Waals surface area contributed by atoms with Crippen LogP contribution in [-0.2, 0) is 9.59 Å². The van der Waals surface area contributed by atoms with Crippen molar-refractivity contribution in [2.75, 3.05) is 33.9 Å². The van der Waals surface area contributed by atoms with Crippen LogP contribution in [0, 0.1) is 0 Å². The SMILES string of the molecule is COc1ccc(/C=C2\SC(=S)N(CC(=O)N3CCCCCC3)C2=O)cc1OC. The van der Waals surface area contributed by atoms with Gasteiger partial charge in [0.2, 0.25) is 5.91 Å². The number of ether oxygens (including phenoxy) is 2. The summed E-state index contributed by atoms with van der Waals surface area (Å²) in [5.74, 6) is 0.942. The summed E-state index contributed by atoms with van der Waals surface area (Å²) in [6.45, 7) is 1.53. The lowest BCUT2D eigenvalue weighted by molar-refractivity contribution is -0.135. The lowest BCUT2D eigenvalue weighted by Crippen LogP contribution is -2.42. The summed E-state index contributed by atoms with van der Waals surface area (Å²) in [4.78, 5) is 29.2. The highest BCUT2D eigenvalue weighted by Crippen LogP contribution is 2.34. The molecule has 2 aliphatic heterocycles. The summed E-state index contributed by atoms with van der Waals surface area (Å²) < 4.78 is 11.0. The Bertz CT molecular complexity index is 801. The number of hydrogen-bond acceptors (Lipinski definition) is 6. The zero-order valence-corrected chi connectivity index (χ0v) is 17.7. The van der Waals surface area contributed by atoms with E-state index in [0.717, 1.165) is 44.3 Å². The quantitative estimate of drug-likeness (QED) is 0.538. The Balaban J connectivity index is 1.72. The molecule has 1 aromatic carbocycles. The van der Waals surface area contributed by atoms with Crippen LogP contribution in [0.15, 0.2) is 23.1 Å². The molecule has 2 aliphatic rings. The van der Waals surface area contributed by atoms with E-state index < -0.39 is 0 Å². The van der Waals surface area contributed by atoms with Gasteiger partial charge in [-0.05, 0) is 36.6 Å². The molecule has 2 amide bonds. The number of benzene rings is 1. The predicted octanol–water partition coefficient (Wildman–Crippen LogP) is 3.31. The van der Waals surface area contributed by atoms with Gasteiger partial charge in [0, 0.05) is 13.1 Å². The van der Waals surface area contributed by atoms with Crippen molar-refractivity contribution in [2.45, 2.75) is 25.7 Å². The van der Waals surface area contributed by atoms with E-state index in [0.29, 0.717) is 20.7 Å². The molecule has 1 aromatic rings. The second kappa shape index (κ2) is 9.43. The van der Waals surface area contributed by atoms with Crippen molar-refractivity contribution in [3.63, 3.8) is 0 Å². The molecule has 0 atom stereocenters. The monoisotopic (exact) mass is 420 g/mol. The standard InChI is InChI=1S/C20H24N2O4S2/c1-25-15-8-7-14(11-16(15)26-2)12-17-19(24)22(20(27)28-17)13-18(23)21-9-5-3-4-6-10-21/h7-8,11-12H,3-6,9-10,13H2,1-2H3/b17-12-. The van der Waals surface area contributed by atoms with Crippen molar-refractivity contribution in [1.82, 2.24) is 9.80 Å². The number of nitrogens with zero attached hydrogens (tertiary/aromatic N) is 2. The Morgan fingerprint density at radius 1 is 1.14 bits per heavy atom. The molecule has 28 heavy (non-hydrogen) atoms. The second-order valence-electron chi connectivity index (χ2n) is 6.68. The molecule has 0 N–H and O–H groups in total. The van der Waals surface area contributed by atoms with Gasteiger partial charge in [0.25, 0.3) is 5.91 Å². The average Bonchev–Trinajstić information content (AvgIpc) is 2.91. The van der Waals surface area contributed by atoms with E-state index in [9.17, 15) is 9.59 Å². The normalized spacial score (nSPS) is 19.1. The van der Waals surface area contributed by atoms with E-state index in [1.54, 1.807) is 32.4 Å². The first-order valence-corrected chi connectivity index (χ1v) is 10.5. The first kappa shape index (κ1) is 20.7. The van der Waals surface area contributed by atoms with Crippen LogP contribution in [0.25, 0.3) is 6.08 Å². The topological polar surface area (TPSA) is 59.1 Å². The highest BCUT2D eigenvalue weighted by molar-refractivity contribution is 8.26. The minimum absolute atomic E-state index is 0.00788. The third-order valence-electron chi connectivity index (χ3n) is 4.83. The summed E-state index contributed by atoms with van der Waals surface area (Å²) in [7, 11) is 3.14. The fraction of sp³-hybridized carbons (Fsp3) is 0.450. The molecule has 2 saturated heterocycles. The van der Waals surface area contributed by atoms with Crippen LogP contribution < -0.4 is 9.47 Å². The fourth-order valence-corrected chi connectivity index (χ4v) is 4.54. The number of thioether (sulfide) groups is 1. The highest BCUT2D eigenvalue weighted by Gasteiger charge is 2.34. The summed E-state index contributed by atoms with van der Waals surface area (Å²) in [5.41, 5.74) is 0.803. The van der Waals surface area contributed by atoms with E-state index in [4.69, 9.17) is 21.7 Å². The van der Waals surface area contributed by atoms with E-state index in [2.05, 4.69) is 0 Å². The molecule has 0 aromatic heterocycles. The maximum absolute atomic E-state index is 12.8. The molecule has 0 unspecified atom stereocenters. The van der Waals surface area contributed by atoms with Crippen molar-refractivity contribution in [3.8, 4) is 11.5 Å². The maximum atomic E-state index is 12.8. The number of hydrogen-bond donors (Lipinski definition) is 0. The highest BCUT2D eigenvalue weighted by atomic mass is 32.2. The van der Waals surface area contributed by atoms with Crippen LogP contribution in [0.4, 0.5) is 0 Å². The molecule has 0 spiro atoms. The molecular formula is C20H24N2O4S2. The average molecular weight is 421 g/mol. The summed E-state index contributed by atoms with van der Waals surface area (Å²) in [6.07, 6.45) is 6.10. The van der Waals surface area contributed by atoms with Gasteiger partial charge in [0.1, 0.15) is 10.9 Å². The van der Waals surface area contributed by atoms with Gasteiger partial charge in [-0.15, -0.1) is 0 Å². The Morgan fingerprint density at radius 2 is 1.82 bits per heavy atom. The van der Waals surface area contributed by atoms with Crippen molar-refractivity contribution < 1.29 is 19.1 Å². The van der Waals surface area contributed by atoms with Gasteiger partial charge in [0.15, 0.2) is 11.5 Å². The van der Waals surface area contributed by atoms with Crippen LogP contribution in [0.1, 0.15) is 31.2 Å². The van der Waals surface area contributed by atoms with Gasteiger partial charge in [-0.3, -0.25) is 14.5 Å². The number of carbonyl (C=O) groups is 2. The van der Waals surface area contributed by atoms with Crippen molar-refractivity contribution in [1.29, 1.82) is 0 Å². The second-order valence-corrected chi connectivity index (χ2v) is 8.35. The number of likely N-dealkylation sites (tertiary alicyclic amines) is 1. The fourth-order valence-electron chi connectivity index (χ4n) is 3.29. The maximum Gasteiger partial charge on any atom is 0.266 e. The molecule has 2 fully saturated rings. The molecule has 8 heteroatoms. The van der Waals surface area contributed by atoms with Crippen LogP contribution in [0.2, 0.25) is 0 Å². The van der Waals surface area contributed by atoms with Crippen LogP contribution in [0.5, 0.6) is 11.5 Å². The molecule has 0 aliphatic carbocycles.